The SMILES string of the molecule is CCc1nn(CC)c(CNC2CCCCCC2C)c1Br. The second-order valence-electron chi connectivity index (χ2n) is 5.98. The van der Waals surface area contributed by atoms with Gasteiger partial charge in [0.15, 0.2) is 0 Å². The molecule has 1 aromatic rings. The summed E-state index contributed by atoms with van der Waals surface area (Å²) >= 11 is 3.74. The molecular weight excluding hydrogens is 314 g/mol. The van der Waals surface area contributed by atoms with E-state index in [-0.39, 0.29) is 0 Å². The van der Waals surface area contributed by atoms with Gasteiger partial charge in [0.05, 0.1) is 15.9 Å². The monoisotopic (exact) mass is 341 g/mol. The van der Waals surface area contributed by atoms with Gasteiger partial charge in [0.25, 0.3) is 0 Å². The number of rotatable bonds is 5. The maximum absolute atomic E-state index is 4.68. The van der Waals surface area contributed by atoms with Crippen LogP contribution in [-0.2, 0) is 19.5 Å². The highest BCUT2D eigenvalue weighted by Gasteiger charge is 2.21. The molecule has 0 saturated heterocycles. The van der Waals surface area contributed by atoms with Crippen molar-refractivity contribution in [3.63, 3.8) is 0 Å². The van der Waals surface area contributed by atoms with Crippen LogP contribution in [0, 0.1) is 5.92 Å². The van der Waals surface area contributed by atoms with Gasteiger partial charge in [-0.1, -0.05) is 33.1 Å². The molecule has 0 radical (unpaired) electrons. The lowest BCUT2D eigenvalue weighted by molar-refractivity contribution is 0.351. The zero-order chi connectivity index (χ0) is 14.5. The van der Waals surface area contributed by atoms with Crippen molar-refractivity contribution < 1.29 is 0 Å². The Hall–Kier alpha value is -0.350. The van der Waals surface area contributed by atoms with E-state index in [2.05, 4.69) is 51.8 Å². The van der Waals surface area contributed by atoms with Crippen LogP contribution < -0.4 is 5.32 Å². The summed E-state index contributed by atoms with van der Waals surface area (Å²) in [5.74, 6) is 0.792. The summed E-state index contributed by atoms with van der Waals surface area (Å²) in [5, 5.41) is 8.47. The van der Waals surface area contributed by atoms with Gasteiger partial charge in [0.2, 0.25) is 0 Å². The highest BCUT2D eigenvalue weighted by atomic mass is 79.9. The minimum absolute atomic E-state index is 0.662. The summed E-state index contributed by atoms with van der Waals surface area (Å²) in [5.41, 5.74) is 2.48. The van der Waals surface area contributed by atoms with E-state index in [0.29, 0.717) is 6.04 Å². The zero-order valence-corrected chi connectivity index (χ0v) is 14.7. The van der Waals surface area contributed by atoms with E-state index in [0.717, 1.165) is 25.4 Å². The lowest BCUT2D eigenvalue weighted by Gasteiger charge is -2.23. The van der Waals surface area contributed by atoms with Gasteiger partial charge in [-0.05, 0) is 48.0 Å². The summed E-state index contributed by atoms with van der Waals surface area (Å²) in [6, 6.07) is 0.662. The first-order chi connectivity index (χ1) is 9.67. The van der Waals surface area contributed by atoms with Gasteiger partial charge < -0.3 is 5.32 Å². The number of halogens is 1. The first kappa shape index (κ1) is 16.0. The fraction of sp³-hybridized carbons (Fsp3) is 0.812. The molecule has 1 aliphatic rings. The molecule has 0 bridgehead atoms. The number of hydrogen-bond donors (Lipinski definition) is 1. The molecular formula is C16H28BrN3. The first-order valence-corrected chi connectivity index (χ1v) is 8.94. The Morgan fingerprint density at radius 2 is 2.00 bits per heavy atom. The Labute approximate surface area is 131 Å². The summed E-state index contributed by atoms with van der Waals surface area (Å²) < 4.78 is 3.34. The first-order valence-electron chi connectivity index (χ1n) is 8.14. The van der Waals surface area contributed by atoms with Gasteiger partial charge in [-0.25, -0.2) is 0 Å². The minimum atomic E-state index is 0.662. The Morgan fingerprint density at radius 3 is 2.70 bits per heavy atom. The second-order valence-corrected chi connectivity index (χ2v) is 6.77. The van der Waals surface area contributed by atoms with Crippen molar-refractivity contribution in [2.24, 2.45) is 5.92 Å². The van der Waals surface area contributed by atoms with Gasteiger partial charge >= 0.3 is 0 Å². The van der Waals surface area contributed by atoms with Crippen LogP contribution >= 0.6 is 15.9 Å². The Bertz CT molecular complexity index is 428. The fourth-order valence-electron chi connectivity index (χ4n) is 3.21. The maximum atomic E-state index is 4.68. The molecule has 2 unspecified atom stereocenters. The Balaban J connectivity index is 2.04. The summed E-state index contributed by atoms with van der Waals surface area (Å²) in [4.78, 5) is 0. The predicted octanol–water partition coefficient (Wildman–Crippen LogP) is 4.29. The molecule has 1 saturated carbocycles. The van der Waals surface area contributed by atoms with Crippen LogP contribution in [0.4, 0.5) is 0 Å². The fourth-order valence-corrected chi connectivity index (χ4v) is 3.91. The van der Waals surface area contributed by atoms with Gasteiger partial charge in [0.1, 0.15) is 0 Å². The number of hydrogen-bond acceptors (Lipinski definition) is 2. The molecule has 4 heteroatoms. The van der Waals surface area contributed by atoms with Crippen molar-refractivity contribution >= 4 is 15.9 Å². The van der Waals surface area contributed by atoms with E-state index in [4.69, 9.17) is 0 Å². The quantitative estimate of drug-likeness (QED) is 0.809. The number of nitrogens with zero attached hydrogens (tertiary/aromatic N) is 2. The molecule has 20 heavy (non-hydrogen) atoms. The molecule has 2 atom stereocenters. The van der Waals surface area contributed by atoms with E-state index in [1.165, 1.54) is 48.0 Å². The van der Waals surface area contributed by atoms with Gasteiger partial charge in [-0.3, -0.25) is 4.68 Å². The number of aryl methyl sites for hydroxylation is 2. The predicted molar refractivity (Wildman–Crippen MR) is 87.9 cm³/mol. The van der Waals surface area contributed by atoms with Gasteiger partial charge in [-0.2, -0.15) is 5.10 Å². The standard InChI is InChI=1S/C16H28BrN3/c1-4-13-16(17)15(20(5-2)19-13)11-18-14-10-8-6-7-9-12(14)3/h12,14,18H,4-11H2,1-3H3. The highest BCUT2D eigenvalue weighted by molar-refractivity contribution is 9.10. The largest absolute Gasteiger partial charge is 0.308 e. The summed E-state index contributed by atoms with van der Waals surface area (Å²) in [7, 11) is 0. The Kier molecular flexibility index (Phi) is 6.09. The molecule has 1 fully saturated rings. The van der Waals surface area contributed by atoms with E-state index in [1.807, 2.05) is 0 Å². The lowest BCUT2D eigenvalue weighted by atomic mass is 9.97. The normalized spacial score (nSPS) is 23.8. The van der Waals surface area contributed by atoms with Crippen LogP contribution in [-0.4, -0.2) is 15.8 Å². The minimum Gasteiger partial charge on any atom is -0.308 e. The average molecular weight is 342 g/mol. The number of nitrogens with one attached hydrogen (secondary N) is 1. The van der Waals surface area contributed by atoms with Crippen molar-refractivity contribution in [3.8, 4) is 0 Å². The summed E-state index contributed by atoms with van der Waals surface area (Å²) in [6.07, 6.45) is 7.84. The van der Waals surface area contributed by atoms with E-state index in [1.54, 1.807) is 0 Å². The van der Waals surface area contributed by atoms with Crippen molar-refractivity contribution in [1.29, 1.82) is 0 Å². The van der Waals surface area contributed by atoms with Gasteiger partial charge in [-0.15, -0.1) is 0 Å². The van der Waals surface area contributed by atoms with Crippen LogP contribution in [0.15, 0.2) is 4.47 Å². The van der Waals surface area contributed by atoms with Crippen LogP contribution in [0.25, 0.3) is 0 Å². The molecule has 1 aliphatic carbocycles. The Morgan fingerprint density at radius 1 is 1.25 bits per heavy atom. The van der Waals surface area contributed by atoms with E-state index >= 15 is 0 Å². The van der Waals surface area contributed by atoms with E-state index < -0.39 is 0 Å². The molecule has 0 amide bonds. The molecule has 2 rings (SSSR count). The lowest BCUT2D eigenvalue weighted by Crippen LogP contribution is -2.34. The molecule has 1 heterocycles. The van der Waals surface area contributed by atoms with Crippen LogP contribution in [0.2, 0.25) is 0 Å². The molecule has 1 aromatic heterocycles. The van der Waals surface area contributed by atoms with Crippen LogP contribution in [0.1, 0.15) is 64.3 Å². The third kappa shape index (κ3) is 3.64. The van der Waals surface area contributed by atoms with Crippen LogP contribution in [0.3, 0.4) is 0 Å². The maximum Gasteiger partial charge on any atom is 0.0767 e. The molecule has 3 nitrogen and oxygen atoms in total. The third-order valence-corrected chi connectivity index (χ3v) is 5.50. The molecule has 1 N–H and O–H groups in total. The van der Waals surface area contributed by atoms with Crippen LogP contribution in [0.5, 0.6) is 0 Å². The van der Waals surface area contributed by atoms with Crippen molar-refractivity contribution in [3.05, 3.63) is 15.9 Å². The molecule has 0 aromatic carbocycles. The molecule has 0 aliphatic heterocycles. The third-order valence-electron chi connectivity index (χ3n) is 4.59. The topological polar surface area (TPSA) is 29.9 Å². The summed E-state index contributed by atoms with van der Waals surface area (Å²) in [6.45, 7) is 8.59. The van der Waals surface area contributed by atoms with Crippen molar-refractivity contribution in [2.45, 2.75) is 78.4 Å². The average Bonchev–Trinajstić information content (AvgIpc) is 2.61. The highest BCUT2D eigenvalue weighted by Crippen LogP contribution is 2.25. The smallest absolute Gasteiger partial charge is 0.0767 e. The van der Waals surface area contributed by atoms with Crippen molar-refractivity contribution in [1.82, 2.24) is 15.1 Å². The molecule has 0 spiro atoms. The zero-order valence-electron chi connectivity index (χ0n) is 13.1. The van der Waals surface area contributed by atoms with E-state index in [9.17, 15) is 0 Å². The van der Waals surface area contributed by atoms with Crippen molar-refractivity contribution in [2.75, 3.05) is 0 Å². The van der Waals surface area contributed by atoms with Gasteiger partial charge in [0, 0.05) is 19.1 Å². The number of aromatic nitrogens is 2. The molecule has 114 valence electrons. The second kappa shape index (κ2) is 7.60.